The minimum Gasteiger partial charge on any atom is -0.452 e. The van der Waals surface area contributed by atoms with Crippen LogP contribution in [0, 0.1) is 10.1 Å². The van der Waals surface area contributed by atoms with Crippen LogP contribution in [-0.4, -0.2) is 35.4 Å². The van der Waals surface area contributed by atoms with Crippen molar-refractivity contribution in [2.24, 2.45) is 0 Å². The number of ether oxygens (including phenoxy) is 1. The fourth-order valence-electron chi connectivity index (χ4n) is 2.26. The highest BCUT2D eigenvalue weighted by Gasteiger charge is 2.19. The number of ketones is 1. The van der Waals surface area contributed by atoms with Crippen LogP contribution in [-0.2, 0) is 9.53 Å². The van der Waals surface area contributed by atoms with Crippen LogP contribution in [0.1, 0.15) is 27.6 Å². The quantitative estimate of drug-likeness (QED) is 0.254. The van der Waals surface area contributed by atoms with Gasteiger partial charge in [-0.2, -0.15) is 0 Å². The Morgan fingerprint density at radius 3 is 2.52 bits per heavy atom. The normalized spacial score (nSPS) is 10.1. The molecule has 0 spiro atoms. The van der Waals surface area contributed by atoms with Gasteiger partial charge in [0, 0.05) is 11.6 Å². The number of para-hydroxylation sites is 1. The molecule has 0 saturated heterocycles. The van der Waals surface area contributed by atoms with Crippen molar-refractivity contribution in [2.45, 2.75) is 11.8 Å². The van der Waals surface area contributed by atoms with Gasteiger partial charge < -0.3 is 10.1 Å². The van der Waals surface area contributed by atoms with Crippen LogP contribution in [0.5, 0.6) is 0 Å². The van der Waals surface area contributed by atoms with E-state index in [9.17, 15) is 24.5 Å². The monoisotopic (exact) mass is 388 g/mol. The Kier molecular flexibility index (Phi) is 6.67. The third-order valence-electron chi connectivity index (χ3n) is 3.53. The predicted molar refractivity (Wildman–Crippen MR) is 100 cm³/mol. The van der Waals surface area contributed by atoms with E-state index in [1.54, 1.807) is 30.5 Å². The molecule has 1 N–H and O–H groups in total. The molecule has 0 atom stereocenters. The van der Waals surface area contributed by atoms with Crippen molar-refractivity contribution in [1.82, 2.24) is 0 Å². The molecule has 8 nitrogen and oxygen atoms in total. The molecule has 2 aromatic carbocycles. The molecule has 2 aromatic rings. The minimum absolute atomic E-state index is 0.0311. The first-order valence-corrected chi connectivity index (χ1v) is 8.95. The van der Waals surface area contributed by atoms with Crippen molar-refractivity contribution >= 4 is 40.8 Å². The topological polar surface area (TPSA) is 116 Å². The van der Waals surface area contributed by atoms with Gasteiger partial charge in [-0.15, -0.1) is 11.8 Å². The van der Waals surface area contributed by atoms with Gasteiger partial charge in [-0.25, -0.2) is 4.79 Å². The summed E-state index contributed by atoms with van der Waals surface area (Å²) < 4.78 is 4.91. The van der Waals surface area contributed by atoms with Crippen molar-refractivity contribution in [3.05, 3.63) is 63.7 Å². The van der Waals surface area contributed by atoms with E-state index >= 15 is 0 Å². The second-order valence-electron chi connectivity index (χ2n) is 5.37. The van der Waals surface area contributed by atoms with E-state index < -0.39 is 23.4 Å². The fraction of sp³-hybridized carbons (Fsp3) is 0.167. The lowest BCUT2D eigenvalue weighted by atomic mass is 10.1. The van der Waals surface area contributed by atoms with Gasteiger partial charge in [0.05, 0.1) is 21.1 Å². The summed E-state index contributed by atoms with van der Waals surface area (Å²) in [4.78, 5) is 46.5. The first-order chi connectivity index (χ1) is 12.8. The molecule has 0 heterocycles. The average molecular weight is 388 g/mol. The third kappa shape index (κ3) is 5.14. The van der Waals surface area contributed by atoms with Crippen molar-refractivity contribution in [2.75, 3.05) is 18.2 Å². The SMILES string of the molecule is CSc1ccc(C(=O)OCC(=O)Nc2ccccc2C(C)=O)cc1[N+](=O)[O-]. The van der Waals surface area contributed by atoms with Crippen LogP contribution >= 0.6 is 11.8 Å². The van der Waals surface area contributed by atoms with E-state index in [1.165, 1.54) is 30.8 Å². The van der Waals surface area contributed by atoms with Crippen LogP contribution in [0.25, 0.3) is 0 Å². The molecule has 27 heavy (non-hydrogen) atoms. The van der Waals surface area contributed by atoms with Gasteiger partial charge in [0.25, 0.3) is 11.6 Å². The van der Waals surface area contributed by atoms with Gasteiger partial charge >= 0.3 is 5.97 Å². The molecule has 0 aliphatic heterocycles. The van der Waals surface area contributed by atoms with E-state index in [2.05, 4.69) is 5.32 Å². The van der Waals surface area contributed by atoms with Crippen LogP contribution < -0.4 is 5.32 Å². The Labute approximate surface area is 159 Å². The Balaban J connectivity index is 2.03. The van der Waals surface area contributed by atoms with E-state index in [1.807, 2.05) is 0 Å². The molecule has 0 fully saturated rings. The molecular weight excluding hydrogens is 372 g/mol. The second kappa shape index (κ2) is 8.95. The first kappa shape index (κ1) is 20.1. The molecular formula is C18H16N2O6S. The number of hydrogen-bond acceptors (Lipinski definition) is 7. The van der Waals surface area contributed by atoms with Crippen LogP contribution in [0.4, 0.5) is 11.4 Å². The molecule has 1 amide bonds. The molecule has 140 valence electrons. The molecule has 0 unspecified atom stereocenters. The Morgan fingerprint density at radius 2 is 1.89 bits per heavy atom. The molecule has 0 aliphatic carbocycles. The van der Waals surface area contributed by atoms with E-state index in [4.69, 9.17) is 4.74 Å². The summed E-state index contributed by atoms with van der Waals surface area (Å²) in [5, 5.41) is 13.6. The molecule has 9 heteroatoms. The number of carbonyl (C=O) groups excluding carboxylic acids is 3. The summed E-state index contributed by atoms with van der Waals surface area (Å²) >= 11 is 1.18. The van der Waals surface area contributed by atoms with Crippen LogP contribution in [0.15, 0.2) is 47.4 Å². The van der Waals surface area contributed by atoms with E-state index in [0.29, 0.717) is 16.1 Å². The lowest BCUT2D eigenvalue weighted by Crippen LogP contribution is -2.22. The smallest absolute Gasteiger partial charge is 0.338 e. The van der Waals surface area contributed by atoms with Gasteiger partial charge in [0.1, 0.15) is 0 Å². The molecule has 0 aromatic heterocycles. The Morgan fingerprint density at radius 1 is 1.19 bits per heavy atom. The lowest BCUT2D eigenvalue weighted by molar-refractivity contribution is -0.387. The number of benzene rings is 2. The number of nitrogens with zero attached hydrogens (tertiary/aromatic N) is 1. The van der Waals surface area contributed by atoms with Gasteiger partial charge in [-0.3, -0.25) is 19.7 Å². The highest BCUT2D eigenvalue weighted by molar-refractivity contribution is 7.98. The average Bonchev–Trinajstić information content (AvgIpc) is 2.65. The first-order valence-electron chi connectivity index (χ1n) is 7.73. The Bertz CT molecular complexity index is 912. The van der Waals surface area contributed by atoms with Crippen molar-refractivity contribution in [3.63, 3.8) is 0 Å². The molecule has 0 saturated carbocycles. The van der Waals surface area contributed by atoms with E-state index in [0.717, 1.165) is 6.07 Å². The summed E-state index contributed by atoms with van der Waals surface area (Å²) in [7, 11) is 0. The number of thioether (sulfide) groups is 1. The maximum absolute atomic E-state index is 12.1. The highest BCUT2D eigenvalue weighted by Crippen LogP contribution is 2.28. The van der Waals surface area contributed by atoms with Gasteiger partial charge in [0.15, 0.2) is 12.4 Å². The fourth-order valence-corrected chi connectivity index (χ4v) is 2.81. The van der Waals surface area contributed by atoms with Crippen LogP contribution in [0.2, 0.25) is 0 Å². The van der Waals surface area contributed by atoms with E-state index in [-0.39, 0.29) is 17.0 Å². The maximum atomic E-state index is 12.1. The minimum atomic E-state index is -0.860. The zero-order chi connectivity index (χ0) is 20.0. The number of nitro groups is 1. The number of hydrogen-bond donors (Lipinski definition) is 1. The number of carbonyl (C=O) groups is 3. The van der Waals surface area contributed by atoms with Gasteiger partial charge in [-0.1, -0.05) is 12.1 Å². The third-order valence-corrected chi connectivity index (χ3v) is 4.31. The summed E-state index contributed by atoms with van der Waals surface area (Å²) in [6, 6.07) is 10.4. The number of esters is 1. The number of amides is 1. The molecule has 0 aliphatic rings. The van der Waals surface area contributed by atoms with Crippen molar-refractivity contribution < 1.29 is 24.0 Å². The molecule has 2 rings (SSSR count). The van der Waals surface area contributed by atoms with Crippen molar-refractivity contribution in [3.8, 4) is 0 Å². The molecule has 0 radical (unpaired) electrons. The highest BCUT2D eigenvalue weighted by atomic mass is 32.2. The van der Waals surface area contributed by atoms with Gasteiger partial charge in [-0.05, 0) is 37.4 Å². The number of Topliss-reactive ketones (excluding diaryl/α,β-unsaturated/α-hetero) is 1. The summed E-state index contributed by atoms with van der Waals surface area (Å²) in [6.45, 7) is 0.777. The number of rotatable bonds is 7. The summed E-state index contributed by atoms with van der Waals surface area (Å²) in [5.41, 5.74) is 0.402. The van der Waals surface area contributed by atoms with Crippen molar-refractivity contribution in [1.29, 1.82) is 0 Å². The van der Waals surface area contributed by atoms with Gasteiger partial charge in [0.2, 0.25) is 0 Å². The largest absolute Gasteiger partial charge is 0.452 e. The standard InChI is InChI=1S/C18H16N2O6S/c1-11(21)13-5-3-4-6-14(13)19-17(22)10-26-18(23)12-7-8-16(27-2)15(9-12)20(24)25/h3-9H,10H2,1-2H3,(H,19,22). The summed E-state index contributed by atoms with van der Waals surface area (Å²) in [5.74, 6) is -1.71. The second-order valence-corrected chi connectivity index (χ2v) is 6.22. The number of nitrogens with one attached hydrogen (secondary N) is 1. The lowest BCUT2D eigenvalue weighted by Gasteiger charge is -2.09. The Hall–Kier alpha value is -3.20. The zero-order valence-electron chi connectivity index (χ0n) is 14.6. The molecule has 0 bridgehead atoms. The predicted octanol–water partition coefficient (Wildman–Crippen LogP) is 3.31. The zero-order valence-corrected chi connectivity index (χ0v) is 15.4. The number of anilines is 1. The maximum Gasteiger partial charge on any atom is 0.338 e. The number of nitro benzene ring substituents is 1. The summed E-state index contributed by atoms with van der Waals surface area (Å²) in [6.07, 6.45) is 1.68. The van der Waals surface area contributed by atoms with Crippen LogP contribution in [0.3, 0.4) is 0 Å².